The van der Waals surface area contributed by atoms with Gasteiger partial charge in [-0.2, -0.15) is 0 Å². The van der Waals surface area contributed by atoms with Crippen molar-refractivity contribution in [2.75, 3.05) is 6.61 Å². The van der Waals surface area contributed by atoms with Crippen LogP contribution in [0.3, 0.4) is 0 Å². The van der Waals surface area contributed by atoms with Crippen molar-refractivity contribution < 1.29 is 42.9 Å². The van der Waals surface area contributed by atoms with Crippen LogP contribution >= 0.6 is 0 Å². The fourth-order valence-corrected chi connectivity index (χ4v) is 4.41. The number of hydrogen-bond donors (Lipinski definition) is 0. The van der Waals surface area contributed by atoms with Crippen LogP contribution in [0.4, 0.5) is 0 Å². The molecule has 1 heterocycles. The Morgan fingerprint density at radius 1 is 0.545 bits per heavy atom. The van der Waals surface area contributed by atoms with Crippen LogP contribution in [0.5, 0.6) is 0 Å². The molecular weight excluding hydrogens is 564 g/mol. The van der Waals surface area contributed by atoms with E-state index in [9.17, 15) is 19.2 Å². The minimum absolute atomic E-state index is 0.193. The number of carbonyl (C=O) groups excluding carboxylic acids is 4. The van der Waals surface area contributed by atoms with Gasteiger partial charge >= 0.3 is 23.9 Å². The summed E-state index contributed by atoms with van der Waals surface area (Å²) in [5, 5.41) is 0. The average molecular weight is 593 g/mol. The lowest BCUT2D eigenvalue weighted by atomic mass is 10.0. The molecule has 0 saturated carbocycles. The maximum Gasteiger partial charge on any atom is 0.338 e. The molecule has 0 bridgehead atoms. The topological polar surface area (TPSA) is 114 Å². The molecule has 0 aromatic heterocycles. The summed E-state index contributed by atoms with van der Waals surface area (Å²) in [5.41, 5.74) is 1.40. The van der Waals surface area contributed by atoms with Crippen molar-refractivity contribution >= 4 is 30.0 Å². The van der Waals surface area contributed by atoms with Crippen LogP contribution in [-0.4, -0.2) is 55.1 Å². The van der Waals surface area contributed by atoms with E-state index in [-0.39, 0.29) is 23.3 Å². The van der Waals surface area contributed by atoms with Gasteiger partial charge in [-0.05, 0) is 48.0 Å². The van der Waals surface area contributed by atoms with Gasteiger partial charge in [0.25, 0.3) is 0 Å². The van der Waals surface area contributed by atoms with E-state index >= 15 is 0 Å². The summed E-state index contributed by atoms with van der Waals surface area (Å²) in [7, 11) is 0. The molecule has 0 N–H and O–H groups in total. The van der Waals surface area contributed by atoms with Crippen LogP contribution in [0.1, 0.15) is 36.6 Å². The van der Waals surface area contributed by atoms with E-state index in [1.807, 2.05) is 18.2 Å². The minimum atomic E-state index is -1.51. The third-order valence-corrected chi connectivity index (χ3v) is 6.60. The molecule has 4 aromatic rings. The van der Waals surface area contributed by atoms with Gasteiger partial charge in [-0.25, -0.2) is 19.2 Å². The van der Waals surface area contributed by atoms with E-state index < -0.39 is 48.5 Å². The highest BCUT2D eigenvalue weighted by Crippen LogP contribution is 2.28. The maximum atomic E-state index is 13.2. The van der Waals surface area contributed by atoms with Crippen molar-refractivity contribution in [1.82, 2.24) is 0 Å². The molecule has 1 aliphatic heterocycles. The Morgan fingerprint density at radius 2 is 0.977 bits per heavy atom. The number of ether oxygens (including phenoxy) is 5. The van der Waals surface area contributed by atoms with Crippen molar-refractivity contribution in [2.45, 2.75) is 24.6 Å². The first kappa shape index (κ1) is 29.9. The van der Waals surface area contributed by atoms with E-state index in [2.05, 4.69) is 0 Å². The normalized spacial score (nSPS) is 19.5. The third kappa shape index (κ3) is 7.84. The molecule has 1 aliphatic rings. The van der Waals surface area contributed by atoms with Crippen LogP contribution in [0, 0.1) is 0 Å². The van der Waals surface area contributed by atoms with Crippen LogP contribution < -0.4 is 0 Å². The molecule has 0 amide bonds. The van der Waals surface area contributed by atoms with E-state index in [1.54, 1.807) is 97.1 Å². The Bertz CT molecular complexity index is 1590. The summed E-state index contributed by atoms with van der Waals surface area (Å²) in [5.74, 6) is -3.08. The van der Waals surface area contributed by atoms with Crippen LogP contribution in [0.25, 0.3) is 6.08 Å². The molecule has 222 valence electrons. The van der Waals surface area contributed by atoms with Crippen molar-refractivity contribution in [3.63, 3.8) is 0 Å². The van der Waals surface area contributed by atoms with Gasteiger partial charge in [0, 0.05) is 6.08 Å². The number of benzene rings is 4. The van der Waals surface area contributed by atoms with Crippen LogP contribution in [0.2, 0.25) is 0 Å². The molecule has 44 heavy (non-hydrogen) atoms. The predicted molar refractivity (Wildman–Crippen MR) is 158 cm³/mol. The minimum Gasteiger partial charge on any atom is -0.452 e. The average Bonchev–Trinajstić information content (AvgIpc) is 3.07. The molecule has 1 saturated heterocycles. The van der Waals surface area contributed by atoms with E-state index in [4.69, 9.17) is 23.7 Å². The Balaban J connectivity index is 1.45. The van der Waals surface area contributed by atoms with Gasteiger partial charge < -0.3 is 23.7 Å². The number of carbonyl (C=O) groups is 4. The first-order valence-corrected chi connectivity index (χ1v) is 13.8. The molecule has 0 unspecified atom stereocenters. The summed E-state index contributed by atoms with van der Waals surface area (Å²) in [6, 6.07) is 33.5. The lowest BCUT2D eigenvalue weighted by Gasteiger charge is -2.40. The van der Waals surface area contributed by atoms with Gasteiger partial charge in [-0.1, -0.05) is 84.9 Å². The van der Waals surface area contributed by atoms with Crippen molar-refractivity contribution in [1.29, 1.82) is 0 Å². The van der Waals surface area contributed by atoms with Gasteiger partial charge in [0.1, 0.15) is 0 Å². The Labute approximate surface area is 253 Å². The molecular formula is C35H28O9. The summed E-state index contributed by atoms with van der Waals surface area (Å²) < 4.78 is 28.7. The maximum absolute atomic E-state index is 13.2. The first-order chi connectivity index (χ1) is 21.5. The quantitative estimate of drug-likeness (QED) is 0.146. The molecule has 1 fully saturated rings. The molecule has 9 heteroatoms. The van der Waals surface area contributed by atoms with Crippen LogP contribution in [0.15, 0.2) is 127 Å². The van der Waals surface area contributed by atoms with E-state index in [0.29, 0.717) is 0 Å². The van der Waals surface area contributed by atoms with Gasteiger partial charge in [0.2, 0.25) is 12.4 Å². The van der Waals surface area contributed by atoms with Crippen LogP contribution in [-0.2, 0) is 28.5 Å². The number of esters is 4. The van der Waals surface area contributed by atoms with Crippen molar-refractivity contribution in [3.05, 3.63) is 150 Å². The zero-order valence-electron chi connectivity index (χ0n) is 23.4. The van der Waals surface area contributed by atoms with Crippen molar-refractivity contribution in [2.24, 2.45) is 0 Å². The van der Waals surface area contributed by atoms with Crippen molar-refractivity contribution in [3.8, 4) is 0 Å². The SMILES string of the molecule is O=C(/C=C/c1ccccc1)O[C@H]1OC[C@@H](OC(=O)c2ccccc2)[C@H](OC(=O)c2ccccc2)[C@H]1OC(=O)c1ccccc1. The second-order valence-corrected chi connectivity index (χ2v) is 9.66. The smallest absolute Gasteiger partial charge is 0.338 e. The molecule has 0 aliphatic carbocycles. The lowest BCUT2D eigenvalue weighted by Crippen LogP contribution is -2.58. The Hall–Kier alpha value is -5.54. The summed E-state index contributed by atoms with van der Waals surface area (Å²) in [4.78, 5) is 52.3. The molecule has 0 radical (unpaired) electrons. The highest BCUT2D eigenvalue weighted by Gasteiger charge is 2.49. The van der Waals surface area contributed by atoms with E-state index in [0.717, 1.165) is 5.56 Å². The lowest BCUT2D eigenvalue weighted by molar-refractivity contribution is -0.259. The van der Waals surface area contributed by atoms with Gasteiger partial charge in [0.05, 0.1) is 23.3 Å². The predicted octanol–water partition coefficient (Wildman–Crippen LogP) is 5.28. The largest absolute Gasteiger partial charge is 0.452 e. The highest BCUT2D eigenvalue weighted by molar-refractivity contribution is 5.91. The molecule has 5 rings (SSSR count). The standard InChI is InChI=1S/C35H28O9/c36-29(22-21-24-13-5-1-6-14-24)42-35-31(44-34(39)27-19-11-4-12-20-27)30(43-33(38)26-17-9-3-10-18-26)28(23-40-35)41-32(37)25-15-7-2-8-16-25/h1-22,28,30-31,35H,23H2/b22-21+/t28-,30+,31-,35-/m1/s1. The molecule has 9 nitrogen and oxygen atoms in total. The first-order valence-electron chi connectivity index (χ1n) is 13.8. The second-order valence-electron chi connectivity index (χ2n) is 9.66. The zero-order valence-corrected chi connectivity index (χ0v) is 23.4. The summed E-state index contributed by atoms with van der Waals surface area (Å²) in [6.45, 7) is -0.328. The molecule has 4 aromatic carbocycles. The van der Waals surface area contributed by atoms with Gasteiger partial charge in [-0.15, -0.1) is 0 Å². The Morgan fingerprint density at radius 3 is 1.48 bits per heavy atom. The Kier molecular flexibility index (Phi) is 9.91. The third-order valence-electron chi connectivity index (χ3n) is 6.60. The molecule has 0 spiro atoms. The zero-order chi connectivity index (χ0) is 30.7. The van der Waals surface area contributed by atoms with E-state index in [1.165, 1.54) is 18.2 Å². The summed E-state index contributed by atoms with van der Waals surface area (Å²) >= 11 is 0. The summed E-state index contributed by atoms with van der Waals surface area (Å²) in [6.07, 6.45) is -2.90. The fourth-order valence-electron chi connectivity index (χ4n) is 4.41. The monoisotopic (exact) mass is 592 g/mol. The highest BCUT2D eigenvalue weighted by atomic mass is 16.7. The number of hydrogen-bond acceptors (Lipinski definition) is 9. The molecule has 4 atom stereocenters. The van der Waals surface area contributed by atoms with Gasteiger partial charge in [-0.3, -0.25) is 0 Å². The second kappa shape index (κ2) is 14.6. The van der Waals surface area contributed by atoms with Gasteiger partial charge in [0.15, 0.2) is 12.2 Å². The fraction of sp³-hybridized carbons (Fsp3) is 0.143. The number of rotatable bonds is 9.